The zero-order valence-corrected chi connectivity index (χ0v) is 27.5. The molecule has 8 atom stereocenters. The van der Waals surface area contributed by atoms with Crippen LogP contribution in [-0.4, -0.2) is 64.1 Å². The fraction of sp³-hybridized carbons (Fsp3) is 0.743. The lowest BCUT2D eigenvalue weighted by Crippen LogP contribution is -2.81. The molecule has 0 heterocycles. The summed E-state index contributed by atoms with van der Waals surface area (Å²) in [6.45, 7) is 28.0. The van der Waals surface area contributed by atoms with E-state index in [4.69, 9.17) is 10.6 Å². The second-order valence-electron chi connectivity index (χ2n) is 14.2. The van der Waals surface area contributed by atoms with Crippen LogP contribution in [0.3, 0.4) is 0 Å². The van der Waals surface area contributed by atoms with Crippen LogP contribution in [-0.2, 0) is 4.84 Å². The topological polar surface area (TPSA) is 79.0 Å². The van der Waals surface area contributed by atoms with Crippen molar-refractivity contribution in [2.75, 3.05) is 19.7 Å². The van der Waals surface area contributed by atoms with Gasteiger partial charge in [0.05, 0.1) is 18.2 Å². The van der Waals surface area contributed by atoms with Gasteiger partial charge in [-0.2, -0.15) is 5.06 Å². The van der Waals surface area contributed by atoms with E-state index in [1.54, 1.807) is 19.9 Å². The second kappa shape index (κ2) is 13.2. The van der Waals surface area contributed by atoms with Crippen molar-refractivity contribution in [3.63, 3.8) is 0 Å². The average molecular weight is 593 g/mol. The van der Waals surface area contributed by atoms with Gasteiger partial charge in [-0.1, -0.05) is 73.8 Å². The van der Waals surface area contributed by atoms with E-state index in [9.17, 15) is 10.2 Å². The van der Waals surface area contributed by atoms with Gasteiger partial charge in [0.1, 0.15) is 11.8 Å². The molecule has 0 aliphatic heterocycles. The van der Waals surface area contributed by atoms with Gasteiger partial charge < -0.3 is 15.9 Å². The monoisotopic (exact) mass is 592 g/mol. The molecule has 7 heteroatoms. The highest BCUT2D eigenvalue weighted by molar-refractivity contribution is 5.41. The number of hydrogen-bond donors (Lipinski definition) is 3. The summed E-state index contributed by atoms with van der Waals surface area (Å²) in [6, 6.07) is 0. The van der Waals surface area contributed by atoms with Crippen molar-refractivity contribution in [3.8, 4) is 0 Å². The van der Waals surface area contributed by atoms with Gasteiger partial charge in [-0.15, -0.1) is 12.3 Å². The Morgan fingerprint density at radius 1 is 1.24 bits per heavy atom. The average Bonchev–Trinajstić information content (AvgIpc) is 3.21. The lowest BCUT2D eigenvalue weighted by atomic mass is 9.41. The first-order chi connectivity index (χ1) is 19.4. The van der Waals surface area contributed by atoms with Gasteiger partial charge in [-0.25, -0.2) is 8.78 Å². The summed E-state index contributed by atoms with van der Waals surface area (Å²) in [6.07, 6.45) is 3.55. The fourth-order valence-corrected chi connectivity index (χ4v) is 8.30. The van der Waals surface area contributed by atoms with Crippen molar-refractivity contribution in [2.24, 2.45) is 27.9 Å². The van der Waals surface area contributed by atoms with Crippen LogP contribution in [0.25, 0.3) is 0 Å². The number of alkyl halides is 2. The van der Waals surface area contributed by atoms with E-state index in [1.165, 1.54) is 12.2 Å². The van der Waals surface area contributed by atoms with Gasteiger partial charge in [0, 0.05) is 35.9 Å². The van der Waals surface area contributed by atoms with Crippen molar-refractivity contribution in [2.45, 2.75) is 123 Å². The molecule has 0 aromatic carbocycles. The maximum Gasteiger partial charge on any atom is 0.164 e. The molecule has 3 aliphatic rings. The Morgan fingerprint density at radius 3 is 2.31 bits per heavy atom. The Kier molecular flexibility index (Phi) is 11.5. The molecule has 3 aliphatic carbocycles. The number of aliphatic hydroxyl groups is 2. The molecular weight excluding hydrogens is 534 g/mol. The second-order valence-corrected chi connectivity index (χ2v) is 14.2. The highest BCUT2D eigenvalue weighted by Crippen LogP contribution is 2.72. The first kappa shape index (κ1) is 36.6. The predicted molar refractivity (Wildman–Crippen MR) is 169 cm³/mol. The highest BCUT2D eigenvalue weighted by atomic mass is 19.1. The van der Waals surface area contributed by atoms with Crippen LogP contribution in [0.15, 0.2) is 54.8 Å². The van der Waals surface area contributed by atoms with Crippen LogP contribution in [0, 0.1) is 22.2 Å². The van der Waals surface area contributed by atoms with Crippen molar-refractivity contribution in [1.82, 2.24) is 5.06 Å². The standard InChI is InChI=1S/C32H52F2N2O3.C3H6/c1-10-13-14-23-24(33)19-30(35)25-15-16-31(22(4)21-37,39-36(12-3)18-17-27(5,6)7)29(25,9)20-26(38)32(30,34)28(23,8)11-2;1-3-2/h10,13,24-26,37-38H,1,4,11-12,15-21,35H2,2-3,5-9H3;3H,1H2,2H3/t14?,24-,25?,26?,28?,29?,30?,31-,32-;/m0./s1. The van der Waals surface area contributed by atoms with Gasteiger partial charge in [0.2, 0.25) is 0 Å². The number of fused-ring (bicyclic) bond motifs is 3. The molecule has 0 saturated heterocycles. The predicted octanol–water partition coefficient (Wildman–Crippen LogP) is 7.17. The van der Waals surface area contributed by atoms with Crippen LogP contribution in [0.1, 0.15) is 93.9 Å². The Labute approximate surface area is 254 Å². The molecule has 0 aromatic rings. The minimum Gasteiger partial charge on any atom is -0.392 e. The molecule has 240 valence electrons. The highest BCUT2D eigenvalue weighted by Gasteiger charge is 2.80. The summed E-state index contributed by atoms with van der Waals surface area (Å²) in [5, 5.41) is 24.1. The van der Waals surface area contributed by atoms with Gasteiger partial charge in [0.15, 0.2) is 5.67 Å². The summed E-state index contributed by atoms with van der Waals surface area (Å²) in [5.41, 5.74) is 3.51. The van der Waals surface area contributed by atoms with E-state index in [0.717, 1.165) is 6.42 Å². The molecule has 3 fully saturated rings. The summed E-state index contributed by atoms with van der Waals surface area (Å²) in [5.74, 6) is -0.517. The number of nitrogens with zero attached hydrogens (tertiary/aromatic N) is 1. The van der Waals surface area contributed by atoms with E-state index in [-0.39, 0.29) is 36.9 Å². The number of hydrogen-bond acceptors (Lipinski definition) is 5. The summed E-state index contributed by atoms with van der Waals surface area (Å²) < 4.78 is 33.9. The zero-order valence-electron chi connectivity index (χ0n) is 27.5. The van der Waals surface area contributed by atoms with Crippen molar-refractivity contribution in [1.29, 1.82) is 0 Å². The van der Waals surface area contributed by atoms with Crippen LogP contribution in [0.4, 0.5) is 8.78 Å². The molecule has 0 aromatic heterocycles. The molecule has 3 rings (SSSR count). The molecular formula is C35H58F2N2O3. The molecule has 5 nitrogen and oxygen atoms in total. The maximum absolute atomic E-state index is 17.9. The Bertz CT molecular complexity index is 1060. The van der Waals surface area contributed by atoms with Gasteiger partial charge in [-0.05, 0) is 62.0 Å². The zero-order chi connectivity index (χ0) is 32.4. The minimum absolute atomic E-state index is 0.0496. The van der Waals surface area contributed by atoms with E-state index in [2.05, 4.69) is 46.2 Å². The van der Waals surface area contributed by atoms with Crippen LogP contribution in [0.2, 0.25) is 0 Å². The number of nitrogens with two attached hydrogens (primary N) is 1. The van der Waals surface area contributed by atoms with Crippen molar-refractivity contribution >= 4 is 0 Å². The summed E-state index contributed by atoms with van der Waals surface area (Å²) in [4.78, 5) is 6.81. The van der Waals surface area contributed by atoms with Crippen LogP contribution in [0.5, 0.6) is 0 Å². The van der Waals surface area contributed by atoms with Crippen molar-refractivity contribution in [3.05, 3.63) is 54.8 Å². The van der Waals surface area contributed by atoms with E-state index < -0.39 is 45.8 Å². The molecule has 0 spiro atoms. The number of hydroxylamine groups is 2. The quantitative estimate of drug-likeness (QED) is 0.115. The SMILES string of the molecule is C=CC.C=CC=C=C1[C@@H](F)CC2(N)C3CC[C@](ON(CC)CCC(C)(C)C)(C(=C)CO)C3(C)CC(O)[C@]2(F)C1(C)CC. The number of aliphatic hydroxyl groups excluding tert-OH is 2. The molecule has 5 unspecified atom stereocenters. The third-order valence-corrected chi connectivity index (χ3v) is 10.7. The number of allylic oxidation sites excluding steroid dienone is 3. The van der Waals surface area contributed by atoms with Crippen molar-refractivity contribution < 1.29 is 23.8 Å². The third kappa shape index (κ3) is 5.66. The van der Waals surface area contributed by atoms with E-state index >= 15 is 8.78 Å². The van der Waals surface area contributed by atoms with E-state index in [1.807, 2.05) is 25.8 Å². The fourth-order valence-electron chi connectivity index (χ4n) is 8.30. The number of rotatable bonds is 9. The molecule has 0 bridgehead atoms. The molecule has 0 amide bonds. The normalized spacial score (nSPS) is 39.4. The summed E-state index contributed by atoms with van der Waals surface area (Å²) in [7, 11) is 0. The number of halogens is 2. The first-order valence-electron chi connectivity index (χ1n) is 15.6. The molecule has 3 saturated carbocycles. The molecule has 0 radical (unpaired) electrons. The Hall–Kier alpha value is -1.60. The van der Waals surface area contributed by atoms with Gasteiger partial charge in [0.25, 0.3) is 0 Å². The van der Waals surface area contributed by atoms with Crippen LogP contribution < -0.4 is 5.73 Å². The van der Waals surface area contributed by atoms with E-state index in [0.29, 0.717) is 31.5 Å². The molecule has 4 N–H and O–H groups in total. The van der Waals surface area contributed by atoms with Crippen LogP contribution >= 0.6 is 0 Å². The maximum atomic E-state index is 17.9. The Morgan fingerprint density at radius 2 is 1.83 bits per heavy atom. The third-order valence-electron chi connectivity index (χ3n) is 10.7. The minimum atomic E-state index is -2.30. The smallest absolute Gasteiger partial charge is 0.164 e. The van der Waals surface area contributed by atoms with Gasteiger partial charge in [-0.3, -0.25) is 4.84 Å². The lowest BCUT2D eigenvalue weighted by Gasteiger charge is -2.68. The molecule has 42 heavy (non-hydrogen) atoms. The van der Waals surface area contributed by atoms with Gasteiger partial charge >= 0.3 is 0 Å². The first-order valence-corrected chi connectivity index (χ1v) is 15.6. The Balaban J connectivity index is 0.00000197. The largest absolute Gasteiger partial charge is 0.392 e. The lowest BCUT2D eigenvalue weighted by molar-refractivity contribution is -0.296. The summed E-state index contributed by atoms with van der Waals surface area (Å²) >= 11 is 0.